The molecule has 5 heteroatoms. The lowest BCUT2D eigenvalue weighted by atomic mass is 10.2. The minimum Gasteiger partial charge on any atom is -0.477 e. The van der Waals surface area contributed by atoms with Gasteiger partial charge < -0.3 is 10.1 Å². The molecular weight excluding hydrogens is 192 g/mol. The number of carboxylic acids is 1. The van der Waals surface area contributed by atoms with Gasteiger partial charge in [0.2, 0.25) is 0 Å². The number of fused-ring (bicyclic) bond motifs is 1. The van der Waals surface area contributed by atoms with Crippen molar-refractivity contribution in [1.82, 2.24) is 4.98 Å². The Labute approximate surface area is 78.4 Å². The molecule has 2 aromatic rings. The molecule has 14 heavy (non-hydrogen) atoms. The van der Waals surface area contributed by atoms with Crippen LogP contribution in [0.3, 0.4) is 0 Å². The van der Waals surface area contributed by atoms with Crippen molar-refractivity contribution in [3.05, 3.63) is 35.5 Å². The number of rotatable bonds is 1. The predicted molar refractivity (Wildman–Crippen MR) is 45.2 cm³/mol. The first-order chi connectivity index (χ1) is 7.00. The minimum atomic E-state index is -1.38. The third kappa shape index (κ3) is 1.22. The highest BCUT2D eigenvalue weighted by Crippen LogP contribution is 2.20. The van der Waals surface area contributed by atoms with E-state index in [9.17, 15) is 13.6 Å². The van der Waals surface area contributed by atoms with E-state index in [2.05, 4.69) is 4.98 Å². The first-order valence-corrected chi connectivity index (χ1v) is 3.71. The summed E-state index contributed by atoms with van der Waals surface area (Å²) in [5.74, 6) is -3.15. The Morgan fingerprint density at radius 3 is 2.86 bits per heavy atom. The topological polar surface area (TPSA) is 53.1 Å². The second kappa shape index (κ2) is 2.80. The van der Waals surface area contributed by atoms with Crippen molar-refractivity contribution in [3.63, 3.8) is 0 Å². The van der Waals surface area contributed by atoms with Gasteiger partial charge >= 0.3 is 5.97 Å². The summed E-state index contributed by atoms with van der Waals surface area (Å²) >= 11 is 0. The molecule has 0 atom stereocenters. The molecule has 0 saturated carbocycles. The summed E-state index contributed by atoms with van der Waals surface area (Å²) in [5.41, 5.74) is -0.482. The Hall–Kier alpha value is -1.91. The van der Waals surface area contributed by atoms with E-state index in [0.29, 0.717) is 6.07 Å². The Bertz CT molecular complexity index is 565. The normalized spacial score (nSPS) is 11.7. The first kappa shape index (κ1) is 7.49. The van der Waals surface area contributed by atoms with Gasteiger partial charge in [-0.2, -0.15) is 0 Å². The van der Waals surface area contributed by atoms with Crippen LogP contribution < -0.4 is 0 Å². The van der Waals surface area contributed by atoms with Gasteiger partial charge in [0.05, 0.1) is 6.89 Å². The van der Waals surface area contributed by atoms with Crippen LogP contribution in [0.25, 0.3) is 10.9 Å². The summed E-state index contributed by atoms with van der Waals surface area (Å²) < 4.78 is 33.4. The molecule has 1 heterocycles. The molecule has 72 valence electrons. The molecule has 0 saturated heterocycles. The molecule has 0 unspecified atom stereocenters. The molecule has 0 aliphatic heterocycles. The van der Waals surface area contributed by atoms with Gasteiger partial charge in [0.25, 0.3) is 0 Å². The van der Waals surface area contributed by atoms with Gasteiger partial charge in [0, 0.05) is 11.5 Å². The third-order valence-electron chi connectivity index (χ3n) is 1.78. The highest BCUT2D eigenvalue weighted by Gasteiger charge is 2.11. The quantitative estimate of drug-likeness (QED) is 0.737. The van der Waals surface area contributed by atoms with Crippen molar-refractivity contribution < 1.29 is 20.1 Å². The summed E-state index contributed by atoms with van der Waals surface area (Å²) in [4.78, 5) is 12.9. The maximum atomic E-state index is 13.2. The summed E-state index contributed by atoms with van der Waals surface area (Å²) in [7, 11) is 0. The van der Waals surface area contributed by atoms with E-state index in [1.54, 1.807) is 0 Å². The number of hydrogen-bond donors (Lipinski definition) is 2. The van der Waals surface area contributed by atoms with Gasteiger partial charge in [-0.15, -0.1) is 0 Å². The van der Waals surface area contributed by atoms with Crippen LogP contribution in [-0.2, 0) is 0 Å². The van der Waals surface area contributed by atoms with Crippen LogP contribution in [0.4, 0.5) is 8.78 Å². The number of aromatic nitrogens is 1. The molecule has 0 fully saturated rings. The molecule has 3 nitrogen and oxygen atoms in total. The Morgan fingerprint density at radius 1 is 1.50 bits per heavy atom. The number of aromatic carboxylic acids is 1. The van der Waals surface area contributed by atoms with Gasteiger partial charge in [-0.3, -0.25) is 0 Å². The summed E-state index contributed by atoms with van der Waals surface area (Å²) in [6.45, 7) is 0. The highest BCUT2D eigenvalue weighted by atomic mass is 19.1. The average Bonchev–Trinajstić information content (AvgIpc) is 2.42. The molecule has 1 aromatic carbocycles. The van der Waals surface area contributed by atoms with E-state index in [0.717, 1.165) is 6.07 Å². The van der Waals surface area contributed by atoms with Gasteiger partial charge in [-0.05, 0) is 12.1 Å². The van der Waals surface area contributed by atoms with E-state index in [1.807, 2.05) is 0 Å². The number of H-pyrrole nitrogens is 1. The molecule has 0 radical (unpaired) electrons. The fraction of sp³-hybridized carbons (Fsp3) is 0. The molecule has 0 aliphatic carbocycles. The van der Waals surface area contributed by atoms with Crippen molar-refractivity contribution in [3.8, 4) is 0 Å². The fourth-order valence-corrected chi connectivity index (χ4v) is 1.20. The Balaban J connectivity index is 2.88. The zero-order valence-electron chi connectivity index (χ0n) is 7.77. The minimum absolute atomic E-state index is 0.0325. The van der Waals surface area contributed by atoms with Crippen LogP contribution in [-0.4, -0.2) is 16.1 Å². The average molecular weight is 198 g/mol. The van der Waals surface area contributed by atoms with Crippen LogP contribution in [0.2, 0.25) is 0 Å². The number of carbonyl (C=O) groups is 1. The number of aromatic amines is 1. The second-order valence-electron chi connectivity index (χ2n) is 2.74. The molecule has 0 aliphatic rings. The Kier molecular flexibility index (Phi) is 1.50. The zero-order chi connectivity index (χ0) is 11.2. The van der Waals surface area contributed by atoms with Crippen LogP contribution in [0, 0.1) is 11.6 Å². The van der Waals surface area contributed by atoms with Gasteiger partial charge in [0.15, 0.2) is 0 Å². The Morgan fingerprint density at radius 2 is 2.21 bits per heavy atom. The van der Waals surface area contributed by atoms with Gasteiger partial charge in [-0.25, -0.2) is 13.6 Å². The molecule has 2 N–H and O–H groups in total. The van der Waals surface area contributed by atoms with Crippen LogP contribution in [0.1, 0.15) is 11.9 Å². The van der Waals surface area contributed by atoms with Crippen molar-refractivity contribution in [1.29, 1.82) is 0 Å². The standard InChI is InChI=1S/C9H5F2NO2/c10-4-1-6(11)5-3-8(9(13)14)12-7(5)2-4/h1-3,12H,(H,13,14)/i3D. The van der Waals surface area contributed by atoms with Crippen molar-refractivity contribution >= 4 is 16.9 Å². The first-order valence-electron chi connectivity index (χ1n) is 4.21. The SMILES string of the molecule is [2H]c1c(C(=O)O)[nH]c2cc(F)cc(F)c12. The maximum absolute atomic E-state index is 13.2. The number of benzene rings is 1. The molecule has 0 spiro atoms. The summed E-state index contributed by atoms with van der Waals surface area (Å²) in [6.07, 6.45) is 0. The molecular formula is C9H5F2NO2. The van der Waals surface area contributed by atoms with E-state index in [1.165, 1.54) is 0 Å². The van der Waals surface area contributed by atoms with Crippen molar-refractivity contribution in [2.45, 2.75) is 0 Å². The van der Waals surface area contributed by atoms with Gasteiger partial charge in [-0.1, -0.05) is 0 Å². The number of halogens is 2. The van der Waals surface area contributed by atoms with E-state index < -0.39 is 29.3 Å². The zero-order valence-corrected chi connectivity index (χ0v) is 6.77. The smallest absolute Gasteiger partial charge is 0.352 e. The van der Waals surface area contributed by atoms with Crippen molar-refractivity contribution in [2.75, 3.05) is 0 Å². The van der Waals surface area contributed by atoms with Crippen LogP contribution >= 0.6 is 0 Å². The number of hydrogen-bond acceptors (Lipinski definition) is 1. The van der Waals surface area contributed by atoms with Crippen molar-refractivity contribution in [2.24, 2.45) is 0 Å². The summed E-state index contributed by atoms with van der Waals surface area (Å²) in [5, 5.41) is 8.45. The molecule has 2 rings (SSSR count). The fourth-order valence-electron chi connectivity index (χ4n) is 1.20. The lowest BCUT2D eigenvalue weighted by molar-refractivity contribution is 0.0691. The molecule has 0 amide bonds. The lowest BCUT2D eigenvalue weighted by Gasteiger charge is -1.91. The maximum Gasteiger partial charge on any atom is 0.352 e. The van der Waals surface area contributed by atoms with Gasteiger partial charge in [0.1, 0.15) is 17.3 Å². The predicted octanol–water partition coefficient (Wildman–Crippen LogP) is 2.14. The number of nitrogens with one attached hydrogen (secondary N) is 1. The van der Waals surface area contributed by atoms with Crippen LogP contribution in [0.5, 0.6) is 0 Å². The third-order valence-corrected chi connectivity index (χ3v) is 1.78. The second-order valence-corrected chi connectivity index (χ2v) is 2.74. The molecule has 1 aromatic heterocycles. The monoisotopic (exact) mass is 198 g/mol. The van der Waals surface area contributed by atoms with E-state index in [4.69, 9.17) is 6.48 Å². The number of carboxylic acid groups (broad SMARTS) is 1. The van der Waals surface area contributed by atoms with E-state index >= 15 is 0 Å². The lowest BCUT2D eigenvalue weighted by Crippen LogP contribution is -1.94. The largest absolute Gasteiger partial charge is 0.477 e. The van der Waals surface area contributed by atoms with E-state index in [-0.39, 0.29) is 10.9 Å². The summed E-state index contributed by atoms with van der Waals surface area (Å²) in [6, 6.07) is 1.08. The molecule has 0 bridgehead atoms. The highest BCUT2D eigenvalue weighted by molar-refractivity contribution is 5.93. The van der Waals surface area contributed by atoms with Crippen LogP contribution in [0.15, 0.2) is 18.2 Å².